The molecule has 1 heterocycles. The van der Waals surface area contributed by atoms with E-state index in [2.05, 4.69) is 31.9 Å². The number of aromatic nitrogens is 2. The lowest BCUT2D eigenvalue weighted by Crippen LogP contribution is -2.51. The van der Waals surface area contributed by atoms with Gasteiger partial charge in [0.2, 0.25) is 0 Å². The molecule has 170 valence electrons. The van der Waals surface area contributed by atoms with Gasteiger partial charge in [0.15, 0.2) is 0 Å². The van der Waals surface area contributed by atoms with Crippen LogP contribution in [0, 0.1) is 58.2 Å². The van der Waals surface area contributed by atoms with Crippen LogP contribution < -0.4 is 0 Å². The normalized spacial score (nSPS) is 45.3. The SMILES string of the molecule is CC[C@@]1(O)CC[C@H]2[C@H](CC[C@@H]3[C@@H]2CC[C@]2(C)[C@@H]([C@H](C)Cn4nccc4C#N)CC[C@@H]32)C1. The maximum atomic E-state index is 10.9. The number of nitrogens with zero attached hydrogens (tertiary/aromatic N) is 3. The second-order valence-corrected chi connectivity index (χ2v) is 12.0. The number of hydrogen-bond acceptors (Lipinski definition) is 3. The van der Waals surface area contributed by atoms with Crippen LogP contribution in [0.4, 0.5) is 0 Å². The zero-order valence-electron chi connectivity index (χ0n) is 19.8. The summed E-state index contributed by atoms with van der Waals surface area (Å²) in [5.41, 5.74) is 0.768. The van der Waals surface area contributed by atoms with Crippen molar-refractivity contribution in [3.8, 4) is 6.07 Å². The van der Waals surface area contributed by atoms with Crippen molar-refractivity contribution in [1.29, 1.82) is 5.26 Å². The molecule has 0 spiro atoms. The van der Waals surface area contributed by atoms with Crippen LogP contribution in [0.5, 0.6) is 0 Å². The van der Waals surface area contributed by atoms with Gasteiger partial charge in [-0.25, -0.2) is 0 Å². The lowest BCUT2D eigenvalue weighted by Gasteiger charge is -2.57. The van der Waals surface area contributed by atoms with Gasteiger partial charge in [0.1, 0.15) is 11.8 Å². The summed E-state index contributed by atoms with van der Waals surface area (Å²) < 4.78 is 1.93. The largest absolute Gasteiger partial charge is 0.390 e. The summed E-state index contributed by atoms with van der Waals surface area (Å²) in [5.74, 6) is 5.62. The van der Waals surface area contributed by atoms with Gasteiger partial charge in [0.05, 0.1) is 11.8 Å². The van der Waals surface area contributed by atoms with Crippen LogP contribution >= 0.6 is 0 Å². The van der Waals surface area contributed by atoms with Crippen LogP contribution in [0.2, 0.25) is 0 Å². The van der Waals surface area contributed by atoms with Gasteiger partial charge >= 0.3 is 0 Å². The smallest absolute Gasteiger partial charge is 0.138 e. The van der Waals surface area contributed by atoms with Gasteiger partial charge in [-0.2, -0.15) is 10.4 Å². The molecular weight excluding hydrogens is 382 g/mol. The van der Waals surface area contributed by atoms with Crippen molar-refractivity contribution in [2.24, 2.45) is 46.8 Å². The molecule has 0 amide bonds. The lowest BCUT2D eigenvalue weighted by molar-refractivity contribution is -0.109. The molecule has 4 aliphatic rings. The maximum absolute atomic E-state index is 10.9. The van der Waals surface area contributed by atoms with E-state index in [1.165, 1.54) is 44.9 Å². The van der Waals surface area contributed by atoms with Gasteiger partial charge in [-0.05, 0) is 117 Å². The second kappa shape index (κ2) is 7.91. The summed E-state index contributed by atoms with van der Waals surface area (Å²) >= 11 is 0. The average Bonchev–Trinajstić information content (AvgIpc) is 3.36. The topological polar surface area (TPSA) is 61.8 Å². The van der Waals surface area contributed by atoms with Crippen molar-refractivity contribution in [2.45, 2.75) is 97.1 Å². The Balaban J connectivity index is 1.30. The molecule has 4 saturated carbocycles. The quantitative estimate of drug-likeness (QED) is 0.665. The van der Waals surface area contributed by atoms with E-state index < -0.39 is 0 Å². The van der Waals surface area contributed by atoms with Crippen molar-refractivity contribution < 1.29 is 5.11 Å². The van der Waals surface area contributed by atoms with Crippen molar-refractivity contribution in [3.63, 3.8) is 0 Å². The van der Waals surface area contributed by atoms with Crippen molar-refractivity contribution in [1.82, 2.24) is 9.78 Å². The average molecular weight is 424 g/mol. The highest BCUT2D eigenvalue weighted by molar-refractivity contribution is 5.18. The number of fused-ring (bicyclic) bond motifs is 5. The van der Waals surface area contributed by atoms with Gasteiger partial charge in [0, 0.05) is 6.54 Å². The van der Waals surface area contributed by atoms with Gasteiger partial charge in [-0.15, -0.1) is 0 Å². The number of nitriles is 1. The van der Waals surface area contributed by atoms with E-state index >= 15 is 0 Å². The van der Waals surface area contributed by atoms with E-state index in [1.54, 1.807) is 6.20 Å². The summed E-state index contributed by atoms with van der Waals surface area (Å²) in [6, 6.07) is 4.13. The monoisotopic (exact) mass is 423 g/mol. The highest BCUT2D eigenvalue weighted by atomic mass is 16.3. The first-order valence-corrected chi connectivity index (χ1v) is 13.0. The molecule has 4 heteroatoms. The van der Waals surface area contributed by atoms with Crippen molar-refractivity contribution >= 4 is 0 Å². The molecule has 0 bridgehead atoms. The summed E-state index contributed by atoms with van der Waals surface area (Å²) in [7, 11) is 0. The van der Waals surface area contributed by atoms with E-state index in [9.17, 15) is 10.4 Å². The number of hydrogen-bond donors (Lipinski definition) is 1. The predicted octanol–water partition coefficient (Wildman–Crippen LogP) is 5.80. The first-order chi connectivity index (χ1) is 14.9. The summed E-state index contributed by atoms with van der Waals surface area (Å²) in [5, 5.41) is 24.7. The predicted molar refractivity (Wildman–Crippen MR) is 122 cm³/mol. The number of aliphatic hydroxyl groups is 1. The molecule has 4 fully saturated rings. The van der Waals surface area contributed by atoms with Crippen LogP contribution in [0.15, 0.2) is 12.3 Å². The van der Waals surface area contributed by atoms with Crippen LogP contribution in [0.3, 0.4) is 0 Å². The Labute approximate surface area is 188 Å². The Kier molecular flexibility index (Phi) is 5.48. The molecule has 0 radical (unpaired) electrons. The second-order valence-electron chi connectivity index (χ2n) is 12.0. The molecule has 1 aromatic heterocycles. The third kappa shape index (κ3) is 3.47. The molecule has 4 aliphatic carbocycles. The minimum atomic E-state index is -0.375. The highest BCUT2D eigenvalue weighted by Crippen LogP contribution is 2.65. The molecule has 0 unspecified atom stereocenters. The third-order valence-electron chi connectivity index (χ3n) is 10.8. The molecule has 9 atom stereocenters. The van der Waals surface area contributed by atoms with Crippen molar-refractivity contribution in [3.05, 3.63) is 18.0 Å². The zero-order chi connectivity index (χ0) is 21.8. The lowest BCUT2D eigenvalue weighted by atomic mass is 9.48. The first-order valence-electron chi connectivity index (χ1n) is 13.0. The Bertz CT molecular complexity index is 842. The number of rotatable bonds is 4. The van der Waals surface area contributed by atoms with Gasteiger partial charge in [0.25, 0.3) is 0 Å². The Morgan fingerprint density at radius 2 is 1.97 bits per heavy atom. The Hall–Kier alpha value is -1.34. The third-order valence-corrected chi connectivity index (χ3v) is 10.8. The first kappa shape index (κ1) is 21.5. The standard InChI is InChI=1S/C27H41N3O/c1-4-27(31)13-10-21-19(15-27)5-6-23-22(21)9-12-26(3)24(7-8-25(23)26)18(2)17-30-20(16-28)11-14-29-30/h11,14,18-19,21-25,31H,4-10,12-13,15,17H2,1-3H3/t18-,19-,21+,22-,23-,24-,25+,26-,27-/m1/s1. The fourth-order valence-corrected chi connectivity index (χ4v) is 9.23. The summed E-state index contributed by atoms with van der Waals surface area (Å²) in [4.78, 5) is 0. The molecule has 0 aromatic carbocycles. The highest BCUT2D eigenvalue weighted by Gasteiger charge is 2.58. The summed E-state index contributed by atoms with van der Waals surface area (Å²) in [6.45, 7) is 8.05. The molecule has 1 aromatic rings. The van der Waals surface area contributed by atoms with Gasteiger partial charge in [-0.1, -0.05) is 20.8 Å². The van der Waals surface area contributed by atoms with Gasteiger partial charge in [-0.3, -0.25) is 4.68 Å². The molecular formula is C27H41N3O. The Morgan fingerprint density at radius 1 is 1.16 bits per heavy atom. The maximum Gasteiger partial charge on any atom is 0.138 e. The summed E-state index contributed by atoms with van der Waals surface area (Å²) in [6.07, 6.45) is 14.3. The van der Waals surface area contributed by atoms with E-state index in [0.29, 0.717) is 17.0 Å². The van der Waals surface area contributed by atoms with E-state index in [1.807, 2.05) is 10.7 Å². The fourth-order valence-electron chi connectivity index (χ4n) is 9.23. The van der Waals surface area contributed by atoms with Crippen LogP contribution in [-0.4, -0.2) is 20.5 Å². The molecule has 1 N–H and O–H groups in total. The molecule has 31 heavy (non-hydrogen) atoms. The van der Waals surface area contributed by atoms with Crippen LogP contribution in [0.25, 0.3) is 0 Å². The molecule has 4 nitrogen and oxygen atoms in total. The zero-order valence-corrected chi connectivity index (χ0v) is 19.8. The van der Waals surface area contributed by atoms with Crippen LogP contribution in [0.1, 0.15) is 90.7 Å². The van der Waals surface area contributed by atoms with Crippen LogP contribution in [-0.2, 0) is 6.54 Å². The fraction of sp³-hybridized carbons (Fsp3) is 0.852. The molecule has 0 saturated heterocycles. The minimum Gasteiger partial charge on any atom is -0.390 e. The molecule has 0 aliphatic heterocycles. The minimum absolute atomic E-state index is 0.375. The molecule has 5 rings (SSSR count). The Morgan fingerprint density at radius 3 is 2.74 bits per heavy atom. The van der Waals surface area contributed by atoms with E-state index in [4.69, 9.17) is 0 Å². The van der Waals surface area contributed by atoms with E-state index in [-0.39, 0.29) is 5.60 Å². The van der Waals surface area contributed by atoms with Crippen molar-refractivity contribution in [2.75, 3.05) is 0 Å². The van der Waals surface area contributed by atoms with E-state index in [0.717, 1.165) is 61.3 Å². The van der Waals surface area contributed by atoms with Gasteiger partial charge < -0.3 is 5.11 Å².